The number of nitrogens with zero attached hydrogens (tertiary/aromatic N) is 1. The molecule has 0 aliphatic heterocycles. The molecular formula is C13H20N2O2. The lowest BCUT2D eigenvalue weighted by atomic mass is 9.85. The van der Waals surface area contributed by atoms with Crippen molar-refractivity contribution < 1.29 is 9.21 Å². The van der Waals surface area contributed by atoms with E-state index in [0.29, 0.717) is 6.54 Å². The highest BCUT2D eigenvalue weighted by atomic mass is 16.3. The molecule has 2 unspecified atom stereocenters. The molecule has 2 atom stereocenters. The number of furan rings is 1. The van der Waals surface area contributed by atoms with Gasteiger partial charge in [0.05, 0.1) is 12.5 Å². The molecule has 1 aromatic heterocycles. The quantitative estimate of drug-likeness (QED) is 0.869. The van der Waals surface area contributed by atoms with Gasteiger partial charge in [-0.15, -0.1) is 0 Å². The Bertz CT molecular complexity index is 362. The Morgan fingerprint density at radius 2 is 2.41 bits per heavy atom. The van der Waals surface area contributed by atoms with Crippen LogP contribution in [-0.2, 0) is 11.3 Å². The predicted molar refractivity (Wildman–Crippen MR) is 65.1 cm³/mol. The Morgan fingerprint density at radius 1 is 1.59 bits per heavy atom. The van der Waals surface area contributed by atoms with Gasteiger partial charge in [0.1, 0.15) is 0 Å². The van der Waals surface area contributed by atoms with Crippen LogP contribution in [0.5, 0.6) is 0 Å². The van der Waals surface area contributed by atoms with E-state index in [1.165, 1.54) is 0 Å². The fourth-order valence-corrected chi connectivity index (χ4v) is 2.50. The minimum atomic E-state index is 0.107. The zero-order valence-corrected chi connectivity index (χ0v) is 10.3. The van der Waals surface area contributed by atoms with Crippen LogP contribution in [0.1, 0.15) is 31.2 Å². The molecule has 0 aromatic carbocycles. The number of amides is 1. The Labute approximate surface area is 102 Å². The van der Waals surface area contributed by atoms with E-state index in [9.17, 15) is 4.79 Å². The maximum Gasteiger partial charge on any atom is 0.225 e. The molecule has 0 spiro atoms. The molecule has 0 radical (unpaired) electrons. The SMILES string of the molecule is CN(Cc1ccoc1)C(=O)C1CCCC(N)C1. The fraction of sp³-hybridized carbons (Fsp3) is 0.615. The minimum Gasteiger partial charge on any atom is -0.472 e. The topological polar surface area (TPSA) is 59.5 Å². The van der Waals surface area contributed by atoms with Gasteiger partial charge in [0.25, 0.3) is 0 Å². The zero-order valence-electron chi connectivity index (χ0n) is 10.3. The van der Waals surface area contributed by atoms with E-state index in [-0.39, 0.29) is 17.9 Å². The third-order valence-corrected chi connectivity index (χ3v) is 3.44. The molecular weight excluding hydrogens is 216 g/mol. The normalized spacial score (nSPS) is 24.6. The van der Waals surface area contributed by atoms with Crippen molar-refractivity contribution in [3.8, 4) is 0 Å². The van der Waals surface area contributed by atoms with E-state index in [1.807, 2.05) is 13.1 Å². The molecule has 0 bridgehead atoms. The standard InChI is InChI=1S/C13H20N2O2/c1-15(8-10-5-6-17-9-10)13(16)11-3-2-4-12(14)7-11/h5-6,9,11-12H,2-4,7-8,14H2,1H3. The zero-order chi connectivity index (χ0) is 12.3. The van der Waals surface area contributed by atoms with Crippen LogP contribution in [0.3, 0.4) is 0 Å². The van der Waals surface area contributed by atoms with E-state index < -0.39 is 0 Å². The average molecular weight is 236 g/mol. The number of carbonyl (C=O) groups excluding carboxylic acids is 1. The van der Waals surface area contributed by atoms with Crippen LogP contribution in [0.2, 0.25) is 0 Å². The Kier molecular flexibility index (Phi) is 3.84. The van der Waals surface area contributed by atoms with Crippen molar-refractivity contribution in [2.75, 3.05) is 7.05 Å². The summed E-state index contributed by atoms with van der Waals surface area (Å²) >= 11 is 0. The van der Waals surface area contributed by atoms with Gasteiger partial charge in [-0.25, -0.2) is 0 Å². The number of hydrogen-bond acceptors (Lipinski definition) is 3. The van der Waals surface area contributed by atoms with E-state index >= 15 is 0 Å². The molecule has 94 valence electrons. The fourth-order valence-electron chi connectivity index (χ4n) is 2.50. The number of hydrogen-bond donors (Lipinski definition) is 1. The van der Waals surface area contributed by atoms with Crippen molar-refractivity contribution in [2.45, 2.75) is 38.3 Å². The van der Waals surface area contributed by atoms with Crippen molar-refractivity contribution in [3.63, 3.8) is 0 Å². The summed E-state index contributed by atoms with van der Waals surface area (Å²) in [4.78, 5) is 14.0. The Hall–Kier alpha value is -1.29. The lowest BCUT2D eigenvalue weighted by molar-refractivity contribution is -0.135. The van der Waals surface area contributed by atoms with E-state index in [4.69, 9.17) is 10.2 Å². The second kappa shape index (κ2) is 5.36. The molecule has 2 rings (SSSR count). The second-order valence-electron chi connectivity index (χ2n) is 4.95. The van der Waals surface area contributed by atoms with Crippen LogP contribution in [0, 0.1) is 5.92 Å². The van der Waals surface area contributed by atoms with Crippen LogP contribution in [0.25, 0.3) is 0 Å². The van der Waals surface area contributed by atoms with Crippen molar-refractivity contribution in [2.24, 2.45) is 11.7 Å². The molecule has 17 heavy (non-hydrogen) atoms. The summed E-state index contributed by atoms with van der Waals surface area (Å²) in [6.45, 7) is 0.612. The Morgan fingerprint density at radius 3 is 3.06 bits per heavy atom. The number of rotatable bonds is 3. The second-order valence-corrected chi connectivity index (χ2v) is 4.95. The van der Waals surface area contributed by atoms with Crippen LogP contribution < -0.4 is 5.73 Å². The largest absolute Gasteiger partial charge is 0.472 e. The van der Waals surface area contributed by atoms with Gasteiger partial charge in [0.2, 0.25) is 5.91 Å². The maximum atomic E-state index is 12.2. The van der Waals surface area contributed by atoms with Gasteiger partial charge in [-0.3, -0.25) is 4.79 Å². The summed E-state index contributed by atoms with van der Waals surface area (Å²) in [5.74, 6) is 0.317. The van der Waals surface area contributed by atoms with Gasteiger partial charge in [-0.2, -0.15) is 0 Å². The molecule has 1 aliphatic rings. The summed E-state index contributed by atoms with van der Waals surface area (Å²) in [6, 6.07) is 2.08. The monoisotopic (exact) mass is 236 g/mol. The summed E-state index contributed by atoms with van der Waals surface area (Å²) in [5.41, 5.74) is 6.94. The first-order chi connectivity index (χ1) is 8.16. The van der Waals surface area contributed by atoms with E-state index in [1.54, 1.807) is 17.4 Å². The highest BCUT2D eigenvalue weighted by Gasteiger charge is 2.27. The first kappa shape index (κ1) is 12.2. The minimum absolute atomic E-state index is 0.107. The molecule has 0 saturated heterocycles. The third kappa shape index (κ3) is 3.09. The smallest absolute Gasteiger partial charge is 0.225 e. The van der Waals surface area contributed by atoms with Gasteiger partial charge in [0.15, 0.2) is 0 Å². The van der Waals surface area contributed by atoms with Crippen molar-refractivity contribution in [1.82, 2.24) is 4.90 Å². The summed E-state index contributed by atoms with van der Waals surface area (Å²) in [7, 11) is 1.84. The lowest BCUT2D eigenvalue weighted by Crippen LogP contribution is -2.38. The molecule has 1 heterocycles. The number of nitrogens with two attached hydrogens (primary N) is 1. The van der Waals surface area contributed by atoms with Crippen LogP contribution in [0.15, 0.2) is 23.0 Å². The lowest BCUT2D eigenvalue weighted by Gasteiger charge is -2.29. The van der Waals surface area contributed by atoms with E-state index in [2.05, 4.69) is 0 Å². The highest BCUT2D eigenvalue weighted by molar-refractivity contribution is 5.78. The van der Waals surface area contributed by atoms with Gasteiger partial charge in [0, 0.05) is 31.1 Å². The molecule has 1 aromatic rings. The third-order valence-electron chi connectivity index (χ3n) is 3.44. The summed E-state index contributed by atoms with van der Waals surface area (Å²) < 4.78 is 5.00. The van der Waals surface area contributed by atoms with Gasteiger partial charge in [-0.1, -0.05) is 6.42 Å². The van der Waals surface area contributed by atoms with Crippen LogP contribution >= 0.6 is 0 Å². The van der Waals surface area contributed by atoms with E-state index in [0.717, 1.165) is 31.2 Å². The average Bonchev–Trinajstić information content (AvgIpc) is 2.80. The van der Waals surface area contributed by atoms with Gasteiger partial charge in [-0.05, 0) is 25.3 Å². The van der Waals surface area contributed by atoms with Crippen LogP contribution in [-0.4, -0.2) is 23.9 Å². The first-order valence-electron chi connectivity index (χ1n) is 6.18. The van der Waals surface area contributed by atoms with Crippen molar-refractivity contribution in [1.29, 1.82) is 0 Å². The predicted octanol–water partition coefficient (Wildman–Crippen LogP) is 1.76. The Balaban J connectivity index is 1.90. The molecule has 1 amide bonds. The molecule has 1 fully saturated rings. The maximum absolute atomic E-state index is 12.2. The molecule has 1 aliphatic carbocycles. The summed E-state index contributed by atoms with van der Waals surface area (Å²) in [6.07, 6.45) is 7.23. The summed E-state index contributed by atoms with van der Waals surface area (Å²) in [5, 5.41) is 0. The highest BCUT2D eigenvalue weighted by Crippen LogP contribution is 2.25. The molecule has 4 heteroatoms. The van der Waals surface area contributed by atoms with Crippen molar-refractivity contribution in [3.05, 3.63) is 24.2 Å². The molecule has 4 nitrogen and oxygen atoms in total. The number of carbonyl (C=O) groups is 1. The van der Waals surface area contributed by atoms with Gasteiger partial charge >= 0.3 is 0 Å². The van der Waals surface area contributed by atoms with Gasteiger partial charge < -0.3 is 15.1 Å². The first-order valence-corrected chi connectivity index (χ1v) is 6.18. The van der Waals surface area contributed by atoms with Crippen molar-refractivity contribution >= 4 is 5.91 Å². The van der Waals surface area contributed by atoms with Crippen LogP contribution in [0.4, 0.5) is 0 Å². The molecule has 2 N–H and O–H groups in total. The molecule has 1 saturated carbocycles.